The number of nitrogens with zero attached hydrogens (tertiary/aromatic N) is 3. The minimum absolute atomic E-state index is 0.198. The summed E-state index contributed by atoms with van der Waals surface area (Å²) in [5.74, 6) is 0.894. The molecule has 0 aliphatic carbocycles. The minimum Gasteiger partial charge on any atom is -0.384 e. The van der Waals surface area contributed by atoms with Crippen LogP contribution in [0.5, 0.6) is 0 Å². The van der Waals surface area contributed by atoms with E-state index >= 15 is 0 Å². The summed E-state index contributed by atoms with van der Waals surface area (Å²) in [6, 6.07) is 9.54. The summed E-state index contributed by atoms with van der Waals surface area (Å²) < 4.78 is 9.60. The van der Waals surface area contributed by atoms with E-state index < -0.39 is 0 Å². The van der Waals surface area contributed by atoms with E-state index in [1.165, 1.54) is 35.5 Å². The number of anilines is 1. The number of hydrogen-bond acceptors (Lipinski definition) is 5. The Labute approximate surface area is 149 Å². The van der Waals surface area contributed by atoms with Crippen molar-refractivity contribution in [1.29, 1.82) is 0 Å². The number of rotatable bonds is 5. The molecule has 1 aliphatic rings. The molecule has 2 aromatic rings. The van der Waals surface area contributed by atoms with Crippen molar-refractivity contribution in [2.45, 2.75) is 51.5 Å². The van der Waals surface area contributed by atoms with Crippen LogP contribution in [0.15, 0.2) is 24.3 Å². The van der Waals surface area contributed by atoms with Gasteiger partial charge in [-0.15, -0.1) is 0 Å². The highest BCUT2D eigenvalue weighted by Crippen LogP contribution is 2.37. The molecule has 1 aromatic carbocycles. The van der Waals surface area contributed by atoms with Crippen LogP contribution in [0.1, 0.15) is 56.6 Å². The molecule has 4 nitrogen and oxygen atoms in total. The molecule has 1 aromatic heterocycles. The highest BCUT2D eigenvalue weighted by Gasteiger charge is 2.29. The fourth-order valence-electron chi connectivity index (χ4n) is 3.20. The molecule has 3 rings (SSSR count). The first-order valence-corrected chi connectivity index (χ1v) is 9.45. The maximum absolute atomic E-state index is 5.12. The van der Waals surface area contributed by atoms with Gasteiger partial charge in [-0.25, -0.2) is 4.98 Å². The van der Waals surface area contributed by atoms with E-state index in [9.17, 15) is 0 Å². The van der Waals surface area contributed by atoms with Gasteiger partial charge in [-0.1, -0.05) is 45.0 Å². The average Bonchev–Trinajstić information content (AvgIpc) is 3.21. The van der Waals surface area contributed by atoms with Crippen LogP contribution in [0.25, 0.3) is 0 Å². The number of aromatic nitrogens is 2. The largest absolute Gasteiger partial charge is 0.384 e. The first-order chi connectivity index (χ1) is 11.5. The van der Waals surface area contributed by atoms with E-state index in [0.29, 0.717) is 12.6 Å². The van der Waals surface area contributed by atoms with Crippen LogP contribution in [0, 0.1) is 0 Å². The molecule has 1 saturated heterocycles. The van der Waals surface area contributed by atoms with Crippen molar-refractivity contribution in [2.24, 2.45) is 0 Å². The van der Waals surface area contributed by atoms with Crippen molar-refractivity contribution in [3.63, 3.8) is 0 Å². The predicted octanol–water partition coefficient (Wildman–Crippen LogP) is 4.37. The monoisotopic (exact) mass is 345 g/mol. The van der Waals surface area contributed by atoms with Crippen molar-refractivity contribution in [2.75, 3.05) is 25.2 Å². The molecule has 1 unspecified atom stereocenters. The molecule has 130 valence electrons. The lowest BCUT2D eigenvalue weighted by atomic mass is 9.86. The third kappa shape index (κ3) is 3.78. The van der Waals surface area contributed by atoms with E-state index in [0.717, 1.165) is 23.9 Å². The van der Waals surface area contributed by atoms with E-state index in [-0.39, 0.29) is 5.41 Å². The highest BCUT2D eigenvalue weighted by molar-refractivity contribution is 7.09. The third-order valence-electron chi connectivity index (χ3n) is 4.65. The Balaban J connectivity index is 1.76. The minimum atomic E-state index is 0.198. The van der Waals surface area contributed by atoms with Gasteiger partial charge >= 0.3 is 0 Å². The molecule has 0 radical (unpaired) electrons. The summed E-state index contributed by atoms with van der Waals surface area (Å²) in [6.07, 6.45) is 3.17. The lowest BCUT2D eigenvalue weighted by Crippen LogP contribution is -2.22. The summed E-state index contributed by atoms with van der Waals surface area (Å²) in [5, 5.41) is 1.04. The smallest absolute Gasteiger partial charge is 0.205 e. The maximum Gasteiger partial charge on any atom is 0.205 e. The normalized spacial score (nSPS) is 18.3. The Hall–Kier alpha value is -1.46. The Morgan fingerprint density at radius 2 is 2.00 bits per heavy atom. The lowest BCUT2D eigenvalue weighted by molar-refractivity contribution is 0.201. The first kappa shape index (κ1) is 17.4. The Kier molecular flexibility index (Phi) is 5.21. The molecule has 0 saturated carbocycles. The zero-order valence-corrected chi connectivity index (χ0v) is 15.9. The fourth-order valence-corrected chi connectivity index (χ4v) is 3.99. The van der Waals surface area contributed by atoms with Crippen molar-refractivity contribution in [1.82, 2.24) is 9.36 Å². The fraction of sp³-hybridized carbons (Fsp3) is 0.579. The van der Waals surface area contributed by atoms with E-state index in [1.54, 1.807) is 7.11 Å². The van der Waals surface area contributed by atoms with Gasteiger partial charge in [0, 0.05) is 31.6 Å². The topological polar surface area (TPSA) is 38.2 Å². The number of hydrogen-bond donors (Lipinski definition) is 0. The van der Waals surface area contributed by atoms with Crippen molar-refractivity contribution in [3.05, 3.63) is 41.2 Å². The number of benzene rings is 1. The van der Waals surface area contributed by atoms with Crippen LogP contribution in [-0.4, -0.2) is 29.6 Å². The molecular formula is C19H27N3OS. The van der Waals surface area contributed by atoms with E-state index in [2.05, 4.69) is 54.3 Å². The highest BCUT2D eigenvalue weighted by atomic mass is 32.1. The van der Waals surface area contributed by atoms with Gasteiger partial charge in [-0.3, -0.25) is 0 Å². The molecule has 1 atom stereocenters. The Morgan fingerprint density at radius 1 is 1.25 bits per heavy atom. The van der Waals surface area contributed by atoms with Crippen molar-refractivity contribution >= 4 is 16.7 Å². The molecular weight excluding hydrogens is 318 g/mol. The standard InChI is InChI=1S/C19H27N3OS/c1-19(2,3)15-9-7-14(8-10-15)16-6-5-12-22(16)18-20-17(21-24-18)11-13-23-4/h7-10,16H,5-6,11-13H2,1-4H3. The van der Waals surface area contributed by atoms with Crippen molar-refractivity contribution in [3.8, 4) is 0 Å². The van der Waals surface area contributed by atoms with Crippen LogP contribution in [0.2, 0.25) is 0 Å². The molecule has 2 heterocycles. The molecule has 1 fully saturated rings. The number of methoxy groups -OCH3 is 1. The van der Waals surface area contributed by atoms with Crippen LogP contribution >= 0.6 is 11.5 Å². The van der Waals surface area contributed by atoms with E-state index in [1.807, 2.05) is 0 Å². The van der Waals surface area contributed by atoms with Gasteiger partial charge in [0.15, 0.2) is 0 Å². The summed E-state index contributed by atoms with van der Waals surface area (Å²) in [7, 11) is 1.71. The molecule has 0 spiro atoms. The summed E-state index contributed by atoms with van der Waals surface area (Å²) in [6.45, 7) is 8.50. The first-order valence-electron chi connectivity index (χ1n) is 8.67. The van der Waals surface area contributed by atoms with Crippen LogP contribution in [0.3, 0.4) is 0 Å². The zero-order valence-electron chi connectivity index (χ0n) is 15.1. The van der Waals surface area contributed by atoms with Gasteiger partial charge < -0.3 is 9.64 Å². The van der Waals surface area contributed by atoms with Gasteiger partial charge in [-0.2, -0.15) is 4.37 Å². The van der Waals surface area contributed by atoms with Gasteiger partial charge in [0.2, 0.25) is 5.13 Å². The molecule has 1 aliphatic heterocycles. The maximum atomic E-state index is 5.12. The lowest BCUT2D eigenvalue weighted by Gasteiger charge is -2.25. The zero-order chi connectivity index (χ0) is 17.2. The predicted molar refractivity (Wildman–Crippen MR) is 100.0 cm³/mol. The SMILES string of the molecule is COCCc1nsc(N2CCCC2c2ccc(C(C)(C)C)cc2)n1. The third-order valence-corrected chi connectivity index (χ3v) is 5.44. The van der Waals surface area contributed by atoms with Crippen LogP contribution < -0.4 is 4.90 Å². The summed E-state index contributed by atoms with van der Waals surface area (Å²) >= 11 is 1.51. The number of ether oxygens (including phenoxy) is 1. The molecule has 0 N–H and O–H groups in total. The second-order valence-electron chi connectivity index (χ2n) is 7.46. The van der Waals surface area contributed by atoms with Crippen LogP contribution in [0.4, 0.5) is 5.13 Å². The van der Waals surface area contributed by atoms with E-state index in [4.69, 9.17) is 9.72 Å². The summed E-state index contributed by atoms with van der Waals surface area (Å²) in [4.78, 5) is 7.13. The van der Waals surface area contributed by atoms with Crippen molar-refractivity contribution < 1.29 is 4.74 Å². The second-order valence-corrected chi connectivity index (χ2v) is 8.19. The molecule has 5 heteroatoms. The Morgan fingerprint density at radius 3 is 2.67 bits per heavy atom. The second kappa shape index (κ2) is 7.19. The average molecular weight is 346 g/mol. The quantitative estimate of drug-likeness (QED) is 0.807. The van der Waals surface area contributed by atoms with Crippen LogP contribution in [-0.2, 0) is 16.6 Å². The molecule has 0 bridgehead atoms. The van der Waals surface area contributed by atoms with Gasteiger partial charge in [-0.05, 0) is 29.4 Å². The van der Waals surface area contributed by atoms with Gasteiger partial charge in [0.1, 0.15) is 5.82 Å². The van der Waals surface area contributed by atoms with Gasteiger partial charge in [0.05, 0.1) is 12.6 Å². The van der Waals surface area contributed by atoms with Gasteiger partial charge in [0.25, 0.3) is 0 Å². The molecule has 0 amide bonds. The summed E-state index contributed by atoms with van der Waals surface area (Å²) in [5.41, 5.74) is 2.96. The Bertz CT molecular complexity index is 660. The molecule has 24 heavy (non-hydrogen) atoms.